The highest BCUT2D eigenvalue weighted by Crippen LogP contribution is 2.25. The SMILES string of the molecule is C=C1C(=O)CCCCC1C(=O)OCC. The largest absolute Gasteiger partial charge is 0.466 e. The quantitative estimate of drug-likeness (QED) is 0.384. The summed E-state index contributed by atoms with van der Waals surface area (Å²) >= 11 is 0. The molecule has 0 aromatic heterocycles. The lowest BCUT2D eigenvalue weighted by atomic mass is 9.95. The van der Waals surface area contributed by atoms with Crippen molar-refractivity contribution in [1.29, 1.82) is 0 Å². The van der Waals surface area contributed by atoms with Crippen LogP contribution in [-0.4, -0.2) is 18.4 Å². The van der Waals surface area contributed by atoms with Crippen molar-refractivity contribution in [1.82, 2.24) is 0 Å². The predicted octanol–water partition coefficient (Wildman–Crippen LogP) is 1.86. The molecule has 1 saturated carbocycles. The Bertz CT molecular complexity index is 255. The van der Waals surface area contributed by atoms with Gasteiger partial charge in [0.05, 0.1) is 12.5 Å². The smallest absolute Gasteiger partial charge is 0.313 e. The van der Waals surface area contributed by atoms with Gasteiger partial charge >= 0.3 is 5.97 Å². The number of ketones is 1. The first-order valence-electron chi connectivity index (χ1n) is 5.05. The van der Waals surface area contributed by atoms with E-state index in [2.05, 4.69) is 6.58 Å². The van der Waals surface area contributed by atoms with Gasteiger partial charge in [0.1, 0.15) is 0 Å². The molecule has 78 valence electrons. The van der Waals surface area contributed by atoms with Crippen molar-refractivity contribution in [2.24, 2.45) is 5.92 Å². The van der Waals surface area contributed by atoms with Gasteiger partial charge in [0.2, 0.25) is 0 Å². The van der Waals surface area contributed by atoms with E-state index in [0.29, 0.717) is 25.0 Å². The lowest BCUT2D eigenvalue weighted by Crippen LogP contribution is -2.21. The molecule has 1 atom stereocenters. The Hall–Kier alpha value is -1.12. The fourth-order valence-electron chi connectivity index (χ4n) is 1.67. The first kappa shape index (κ1) is 11.0. The number of hydrogen-bond donors (Lipinski definition) is 0. The van der Waals surface area contributed by atoms with Gasteiger partial charge < -0.3 is 4.74 Å². The van der Waals surface area contributed by atoms with E-state index < -0.39 is 5.92 Å². The van der Waals surface area contributed by atoms with Gasteiger partial charge in [-0.05, 0) is 19.8 Å². The summed E-state index contributed by atoms with van der Waals surface area (Å²) in [6.45, 7) is 5.81. The topological polar surface area (TPSA) is 43.4 Å². The molecule has 0 saturated heterocycles. The molecular weight excluding hydrogens is 180 g/mol. The van der Waals surface area contributed by atoms with Crippen LogP contribution in [0, 0.1) is 5.92 Å². The number of hydrogen-bond acceptors (Lipinski definition) is 3. The van der Waals surface area contributed by atoms with E-state index in [0.717, 1.165) is 12.8 Å². The molecule has 3 heteroatoms. The minimum absolute atomic E-state index is 0.0144. The number of Topliss-reactive ketones (excluding diaryl/α,β-unsaturated/α-hetero) is 1. The van der Waals surface area contributed by atoms with Crippen molar-refractivity contribution in [3.8, 4) is 0 Å². The molecule has 0 radical (unpaired) electrons. The van der Waals surface area contributed by atoms with Gasteiger partial charge in [-0.2, -0.15) is 0 Å². The Balaban J connectivity index is 2.69. The van der Waals surface area contributed by atoms with Crippen molar-refractivity contribution in [2.45, 2.75) is 32.6 Å². The molecule has 0 aromatic carbocycles. The highest BCUT2D eigenvalue weighted by molar-refractivity contribution is 6.00. The summed E-state index contributed by atoms with van der Waals surface area (Å²) in [5, 5.41) is 0. The van der Waals surface area contributed by atoms with Crippen molar-refractivity contribution < 1.29 is 14.3 Å². The zero-order chi connectivity index (χ0) is 10.6. The van der Waals surface area contributed by atoms with Crippen molar-refractivity contribution in [3.63, 3.8) is 0 Å². The number of esters is 1. The standard InChI is InChI=1S/C11H16O3/c1-3-14-11(13)9-6-4-5-7-10(12)8(9)2/h9H,2-7H2,1H3. The second-order valence-electron chi connectivity index (χ2n) is 3.50. The average Bonchev–Trinajstić information content (AvgIpc) is 2.31. The van der Waals surface area contributed by atoms with E-state index in [4.69, 9.17) is 4.74 Å². The van der Waals surface area contributed by atoms with E-state index in [1.165, 1.54) is 0 Å². The molecule has 0 amide bonds. The normalized spacial score (nSPS) is 23.1. The van der Waals surface area contributed by atoms with Crippen molar-refractivity contribution >= 4 is 11.8 Å². The molecule has 0 N–H and O–H groups in total. The summed E-state index contributed by atoms with van der Waals surface area (Å²) in [6, 6.07) is 0. The molecule has 1 fully saturated rings. The first-order valence-corrected chi connectivity index (χ1v) is 5.05. The van der Waals surface area contributed by atoms with Gasteiger partial charge in [0.25, 0.3) is 0 Å². The van der Waals surface area contributed by atoms with Crippen LogP contribution in [-0.2, 0) is 14.3 Å². The molecule has 0 bridgehead atoms. The monoisotopic (exact) mass is 196 g/mol. The summed E-state index contributed by atoms with van der Waals surface area (Å²) in [6.07, 6.45) is 2.97. The summed E-state index contributed by atoms with van der Waals surface area (Å²) in [7, 11) is 0. The molecule has 1 aliphatic carbocycles. The van der Waals surface area contributed by atoms with E-state index in [1.54, 1.807) is 6.92 Å². The molecule has 0 aromatic rings. The molecule has 1 aliphatic rings. The number of carbonyl (C=O) groups excluding carboxylic acids is 2. The Morgan fingerprint density at radius 2 is 2.29 bits per heavy atom. The minimum Gasteiger partial charge on any atom is -0.466 e. The van der Waals surface area contributed by atoms with Crippen molar-refractivity contribution in [2.75, 3.05) is 6.61 Å². The number of ether oxygens (including phenoxy) is 1. The minimum atomic E-state index is -0.398. The van der Waals surface area contributed by atoms with Gasteiger partial charge in [-0.3, -0.25) is 9.59 Å². The Kier molecular flexibility index (Phi) is 3.86. The van der Waals surface area contributed by atoms with Crippen LogP contribution in [0.25, 0.3) is 0 Å². The molecule has 1 rings (SSSR count). The summed E-state index contributed by atoms with van der Waals surface area (Å²) in [5.41, 5.74) is 0.431. The average molecular weight is 196 g/mol. The number of rotatable bonds is 2. The highest BCUT2D eigenvalue weighted by atomic mass is 16.5. The lowest BCUT2D eigenvalue weighted by molar-refractivity contribution is -0.147. The summed E-state index contributed by atoms with van der Waals surface area (Å²) in [5.74, 6) is -0.682. The maximum absolute atomic E-state index is 11.5. The maximum Gasteiger partial charge on any atom is 0.313 e. The Morgan fingerprint density at radius 1 is 1.57 bits per heavy atom. The zero-order valence-corrected chi connectivity index (χ0v) is 8.54. The van der Waals surface area contributed by atoms with Crippen LogP contribution < -0.4 is 0 Å². The summed E-state index contributed by atoms with van der Waals surface area (Å²) in [4.78, 5) is 22.9. The molecular formula is C11H16O3. The second-order valence-corrected chi connectivity index (χ2v) is 3.50. The first-order chi connectivity index (χ1) is 6.66. The van der Waals surface area contributed by atoms with Crippen LogP contribution in [0.15, 0.2) is 12.2 Å². The summed E-state index contributed by atoms with van der Waals surface area (Å²) < 4.78 is 4.90. The van der Waals surface area contributed by atoms with Crippen LogP contribution in [0.2, 0.25) is 0 Å². The van der Waals surface area contributed by atoms with E-state index >= 15 is 0 Å². The fourth-order valence-corrected chi connectivity index (χ4v) is 1.67. The highest BCUT2D eigenvalue weighted by Gasteiger charge is 2.28. The van der Waals surface area contributed by atoms with Gasteiger partial charge in [-0.15, -0.1) is 0 Å². The molecule has 0 heterocycles. The Labute approximate surface area is 84.1 Å². The third kappa shape index (κ3) is 2.44. The van der Waals surface area contributed by atoms with Gasteiger partial charge in [-0.25, -0.2) is 0 Å². The molecule has 0 aliphatic heterocycles. The molecule has 14 heavy (non-hydrogen) atoms. The molecule has 1 unspecified atom stereocenters. The predicted molar refractivity (Wildman–Crippen MR) is 52.7 cm³/mol. The van der Waals surface area contributed by atoms with Crippen molar-refractivity contribution in [3.05, 3.63) is 12.2 Å². The van der Waals surface area contributed by atoms with E-state index in [-0.39, 0.29) is 11.8 Å². The second kappa shape index (κ2) is 4.94. The van der Waals surface area contributed by atoms with Crippen LogP contribution >= 0.6 is 0 Å². The maximum atomic E-state index is 11.5. The van der Waals surface area contributed by atoms with Gasteiger partial charge in [0.15, 0.2) is 5.78 Å². The third-order valence-corrected chi connectivity index (χ3v) is 2.50. The zero-order valence-electron chi connectivity index (χ0n) is 8.54. The third-order valence-electron chi connectivity index (χ3n) is 2.50. The van der Waals surface area contributed by atoms with Crippen LogP contribution in [0.1, 0.15) is 32.6 Å². The molecule has 0 spiro atoms. The van der Waals surface area contributed by atoms with E-state index in [1.807, 2.05) is 0 Å². The van der Waals surface area contributed by atoms with Gasteiger partial charge in [-0.1, -0.05) is 13.0 Å². The lowest BCUT2D eigenvalue weighted by Gasteiger charge is -2.13. The fraction of sp³-hybridized carbons (Fsp3) is 0.636. The van der Waals surface area contributed by atoms with Crippen LogP contribution in [0.5, 0.6) is 0 Å². The Morgan fingerprint density at radius 3 is 2.93 bits per heavy atom. The van der Waals surface area contributed by atoms with Crippen LogP contribution in [0.4, 0.5) is 0 Å². The van der Waals surface area contributed by atoms with E-state index in [9.17, 15) is 9.59 Å². The molecule has 3 nitrogen and oxygen atoms in total. The van der Waals surface area contributed by atoms with Gasteiger partial charge in [0, 0.05) is 12.0 Å². The van der Waals surface area contributed by atoms with Crippen LogP contribution in [0.3, 0.4) is 0 Å². The number of carbonyl (C=O) groups is 2.